The van der Waals surface area contributed by atoms with Crippen molar-refractivity contribution < 1.29 is 13.6 Å². The molecule has 0 radical (unpaired) electrons. The first-order chi connectivity index (χ1) is 11.7. The van der Waals surface area contributed by atoms with E-state index in [0.29, 0.717) is 17.7 Å². The van der Waals surface area contributed by atoms with Crippen LogP contribution >= 0.6 is 11.8 Å². The Bertz CT molecular complexity index is 720. The van der Waals surface area contributed by atoms with Crippen LogP contribution in [0.5, 0.6) is 0 Å². The molecule has 0 aromatic carbocycles. The minimum atomic E-state index is -0.0179. The van der Waals surface area contributed by atoms with Crippen molar-refractivity contribution in [2.75, 3.05) is 12.3 Å². The van der Waals surface area contributed by atoms with E-state index in [9.17, 15) is 4.79 Å². The summed E-state index contributed by atoms with van der Waals surface area (Å²) in [5.41, 5.74) is 2.24. The van der Waals surface area contributed by atoms with Crippen LogP contribution in [0.1, 0.15) is 37.9 Å². The first kappa shape index (κ1) is 16.8. The molecule has 0 atom stereocenters. The second-order valence-electron chi connectivity index (χ2n) is 5.76. The van der Waals surface area contributed by atoms with Crippen molar-refractivity contribution in [2.24, 2.45) is 0 Å². The third-order valence-electron chi connectivity index (χ3n) is 3.98. The van der Waals surface area contributed by atoms with Gasteiger partial charge < -0.3 is 14.2 Å². The molecule has 0 bridgehead atoms. The maximum absolute atomic E-state index is 11.9. The Morgan fingerprint density at radius 2 is 2.29 bits per heavy atom. The summed E-state index contributed by atoms with van der Waals surface area (Å²) < 4.78 is 10.8. The molecule has 2 heterocycles. The van der Waals surface area contributed by atoms with Crippen LogP contribution in [0.15, 0.2) is 38.0 Å². The zero-order valence-corrected chi connectivity index (χ0v) is 14.5. The van der Waals surface area contributed by atoms with E-state index < -0.39 is 0 Å². The van der Waals surface area contributed by atoms with Gasteiger partial charge in [0, 0.05) is 6.54 Å². The minimum absolute atomic E-state index is 0.0179. The zero-order valence-electron chi connectivity index (χ0n) is 13.7. The van der Waals surface area contributed by atoms with E-state index in [1.54, 1.807) is 12.3 Å². The lowest BCUT2D eigenvalue weighted by molar-refractivity contribution is -0.118. The molecule has 1 aliphatic carbocycles. The molecule has 0 fully saturated rings. The Balaban J connectivity index is 1.41. The number of aryl methyl sites for hydroxylation is 1. The second kappa shape index (κ2) is 8.19. The highest BCUT2D eigenvalue weighted by molar-refractivity contribution is 7.99. The number of rotatable bonds is 7. The van der Waals surface area contributed by atoms with E-state index in [2.05, 4.69) is 21.6 Å². The summed E-state index contributed by atoms with van der Waals surface area (Å²) >= 11 is 1.24. The molecule has 6 nitrogen and oxygen atoms in total. The van der Waals surface area contributed by atoms with Crippen LogP contribution in [0.4, 0.5) is 0 Å². The van der Waals surface area contributed by atoms with E-state index in [1.807, 2.05) is 6.92 Å². The number of carbonyl (C=O) groups is 1. The quantitative estimate of drug-likeness (QED) is 0.607. The molecule has 1 N–H and O–H groups in total. The lowest BCUT2D eigenvalue weighted by Gasteiger charge is -2.12. The lowest BCUT2D eigenvalue weighted by atomic mass is 9.97. The predicted octanol–water partition coefficient (Wildman–Crippen LogP) is 3.74. The molecule has 0 spiro atoms. The fraction of sp³-hybridized carbons (Fsp3) is 0.471. The van der Waals surface area contributed by atoms with Gasteiger partial charge in [-0.1, -0.05) is 23.4 Å². The summed E-state index contributed by atoms with van der Waals surface area (Å²) in [4.78, 5) is 11.9. The molecule has 24 heavy (non-hydrogen) atoms. The van der Waals surface area contributed by atoms with Crippen molar-refractivity contribution in [3.8, 4) is 11.5 Å². The first-order valence-electron chi connectivity index (χ1n) is 8.18. The van der Waals surface area contributed by atoms with Gasteiger partial charge in [0.2, 0.25) is 5.91 Å². The molecule has 2 aromatic heterocycles. The van der Waals surface area contributed by atoms with E-state index in [1.165, 1.54) is 43.0 Å². The van der Waals surface area contributed by atoms with Gasteiger partial charge in [-0.15, -0.1) is 10.2 Å². The van der Waals surface area contributed by atoms with Gasteiger partial charge >= 0.3 is 0 Å². The number of carbonyl (C=O) groups excluding carboxylic acids is 1. The molecule has 2 aromatic rings. The van der Waals surface area contributed by atoms with Crippen LogP contribution in [-0.4, -0.2) is 28.4 Å². The molecule has 0 saturated carbocycles. The summed E-state index contributed by atoms with van der Waals surface area (Å²) in [6.45, 7) is 2.52. The van der Waals surface area contributed by atoms with Crippen LogP contribution in [0.3, 0.4) is 0 Å². The van der Waals surface area contributed by atoms with Crippen molar-refractivity contribution in [3.05, 3.63) is 29.7 Å². The van der Waals surface area contributed by atoms with Crippen LogP contribution in [0.25, 0.3) is 11.5 Å². The first-order valence-corrected chi connectivity index (χ1v) is 9.16. The number of nitrogens with zero attached hydrogens (tertiary/aromatic N) is 2. The van der Waals surface area contributed by atoms with Crippen LogP contribution < -0.4 is 5.32 Å². The molecule has 1 amide bonds. The number of allylic oxidation sites excluding steroid dienone is 1. The van der Waals surface area contributed by atoms with Gasteiger partial charge in [0.1, 0.15) is 5.76 Å². The molecule has 128 valence electrons. The number of hydrogen-bond acceptors (Lipinski definition) is 6. The Morgan fingerprint density at radius 1 is 1.38 bits per heavy atom. The van der Waals surface area contributed by atoms with Gasteiger partial charge in [-0.2, -0.15) is 0 Å². The van der Waals surface area contributed by atoms with Gasteiger partial charge in [0.05, 0.1) is 17.6 Å². The average molecular weight is 347 g/mol. The highest BCUT2D eigenvalue weighted by atomic mass is 32.2. The predicted molar refractivity (Wildman–Crippen MR) is 91.6 cm³/mol. The monoisotopic (exact) mass is 347 g/mol. The summed E-state index contributed by atoms with van der Waals surface area (Å²) in [6.07, 6.45) is 9.74. The fourth-order valence-electron chi connectivity index (χ4n) is 2.66. The van der Waals surface area contributed by atoms with Gasteiger partial charge in [-0.3, -0.25) is 4.79 Å². The zero-order chi connectivity index (χ0) is 16.8. The van der Waals surface area contributed by atoms with E-state index >= 15 is 0 Å². The summed E-state index contributed by atoms with van der Waals surface area (Å²) in [6, 6.07) is 1.78. The molecule has 7 heteroatoms. The minimum Gasteiger partial charge on any atom is -0.469 e. The molecule has 0 unspecified atom stereocenters. The molecule has 3 rings (SSSR count). The summed E-state index contributed by atoms with van der Waals surface area (Å²) in [5, 5.41) is 11.3. The van der Waals surface area contributed by atoms with Crippen molar-refractivity contribution >= 4 is 17.7 Å². The number of aromatic nitrogens is 2. The van der Waals surface area contributed by atoms with Crippen LogP contribution in [0.2, 0.25) is 0 Å². The summed E-state index contributed by atoms with van der Waals surface area (Å²) in [7, 11) is 0. The Labute approximate surface area is 145 Å². The summed E-state index contributed by atoms with van der Waals surface area (Å²) in [5.74, 6) is 1.39. The highest BCUT2D eigenvalue weighted by Crippen LogP contribution is 2.26. The second-order valence-corrected chi connectivity index (χ2v) is 6.69. The standard InChI is InChI=1S/C17H21N3O3S/c1-12-14(8-10-22-12)16-19-20-17(23-16)24-11-15(21)18-9-7-13-5-3-2-4-6-13/h5,8,10H,2-4,6-7,9,11H2,1H3,(H,18,21). The maximum Gasteiger partial charge on any atom is 0.277 e. The van der Waals surface area contributed by atoms with Gasteiger partial charge in [0.15, 0.2) is 0 Å². The topological polar surface area (TPSA) is 81.2 Å². The van der Waals surface area contributed by atoms with Crippen LogP contribution in [-0.2, 0) is 4.79 Å². The largest absolute Gasteiger partial charge is 0.469 e. The third kappa shape index (κ3) is 4.50. The Hall–Kier alpha value is -2.02. The van der Waals surface area contributed by atoms with Crippen molar-refractivity contribution in [3.63, 3.8) is 0 Å². The SMILES string of the molecule is Cc1occc1-c1nnc(SCC(=O)NCCC2=CCCCC2)o1. The Kier molecular flexibility index (Phi) is 5.74. The van der Waals surface area contributed by atoms with E-state index in [4.69, 9.17) is 8.83 Å². The van der Waals surface area contributed by atoms with Crippen molar-refractivity contribution in [1.82, 2.24) is 15.5 Å². The molecular formula is C17H21N3O3S. The van der Waals surface area contributed by atoms with Gasteiger partial charge in [-0.05, 0) is 45.1 Å². The fourth-order valence-corrected chi connectivity index (χ4v) is 3.25. The third-order valence-corrected chi connectivity index (χ3v) is 4.79. The van der Waals surface area contributed by atoms with Gasteiger partial charge in [-0.25, -0.2) is 0 Å². The molecule has 0 aliphatic heterocycles. The average Bonchev–Trinajstić information content (AvgIpc) is 3.22. The van der Waals surface area contributed by atoms with Crippen LogP contribution in [0, 0.1) is 6.92 Å². The highest BCUT2D eigenvalue weighted by Gasteiger charge is 2.14. The van der Waals surface area contributed by atoms with Crippen molar-refractivity contribution in [2.45, 2.75) is 44.3 Å². The van der Waals surface area contributed by atoms with E-state index in [0.717, 1.165) is 17.7 Å². The Morgan fingerprint density at radius 3 is 3.04 bits per heavy atom. The van der Waals surface area contributed by atoms with E-state index in [-0.39, 0.29) is 11.7 Å². The number of thioether (sulfide) groups is 1. The number of amides is 1. The number of hydrogen-bond donors (Lipinski definition) is 1. The maximum atomic E-state index is 11.9. The lowest BCUT2D eigenvalue weighted by Crippen LogP contribution is -2.26. The van der Waals surface area contributed by atoms with Crippen molar-refractivity contribution in [1.29, 1.82) is 0 Å². The molecular weight excluding hydrogens is 326 g/mol. The molecule has 0 saturated heterocycles. The number of nitrogens with one attached hydrogen (secondary N) is 1. The molecule has 1 aliphatic rings. The smallest absolute Gasteiger partial charge is 0.277 e. The normalized spacial score (nSPS) is 14.5. The van der Waals surface area contributed by atoms with Gasteiger partial charge in [0.25, 0.3) is 11.1 Å². The number of furan rings is 1.